The molecule has 11 atom stereocenters. The number of carbonyl (C=O) groups excluding carboxylic acids is 1. The van der Waals surface area contributed by atoms with E-state index in [1.165, 1.54) is 38.5 Å². The average molecular weight is 461 g/mol. The Kier molecular flexibility index (Phi) is 7.33. The minimum atomic E-state index is -0.134. The fourth-order valence-corrected chi connectivity index (χ4v) is 9.68. The second kappa shape index (κ2) is 9.47. The summed E-state index contributed by atoms with van der Waals surface area (Å²) >= 11 is 0. The van der Waals surface area contributed by atoms with E-state index < -0.39 is 0 Å². The maximum atomic E-state index is 12.3. The van der Waals surface area contributed by atoms with E-state index in [0.29, 0.717) is 23.2 Å². The van der Waals surface area contributed by atoms with Crippen molar-refractivity contribution in [3.8, 4) is 0 Å². The Balaban J connectivity index is 1.59. The van der Waals surface area contributed by atoms with Crippen molar-refractivity contribution >= 4 is 5.97 Å². The van der Waals surface area contributed by atoms with Crippen LogP contribution in [0, 0.1) is 58.2 Å². The van der Waals surface area contributed by atoms with Gasteiger partial charge in [0.05, 0.1) is 6.10 Å². The lowest BCUT2D eigenvalue weighted by molar-refractivity contribution is -0.199. The van der Waals surface area contributed by atoms with Crippen LogP contribution in [0.5, 0.6) is 0 Å². The molecule has 3 heteroatoms. The molecule has 0 aliphatic heterocycles. The zero-order valence-corrected chi connectivity index (χ0v) is 22.6. The van der Waals surface area contributed by atoms with Crippen molar-refractivity contribution in [3.63, 3.8) is 0 Å². The molecule has 190 valence electrons. The van der Waals surface area contributed by atoms with Gasteiger partial charge in [-0.15, -0.1) is 0 Å². The summed E-state index contributed by atoms with van der Waals surface area (Å²) in [6, 6.07) is 0. The fraction of sp³-hybridized carbons (Fsp3) is 0.967. The maximum Gasteiger partial charge on any atom is 0.302 e. The normalized spacial score (nSPS) is 46.8. The standard InChI is InChI=1S/C30H52O3/c1-18(2)19(3)8-9-20(4)25-12-13-26-24-11-10-22-16-23(32)14-15-29(22,6)28(24)27(33-21(5)31)17-30(25,26)7/h18-20,22-28,32H,8-17H2,1-7H3/t19-,20+,22-,23+,24-,25+,26+,27+,28+,29-,30-/m0/s1. The number of hydrogen-bond acceptors (Lipinski definition) is 3. The van der Waals surface area contributed by atoms with Crippen molar-refractivity contribution in [2.45, 2.75) is 125 Å². The van der Waals surface area contributed by atoms with Gasteiger partial charge in [-0.3, -0.25) is 4.79 Å². The van der Waals surface area contributed by atoms with E-state index in [2.05, 4.69) is 41.5 Å². The summed E-state index contributed by atoms with van der Waals surface area (Å²) < 4.78 is 6.23. The van der Waals surface area contributed by atoms with E-state index in [-0.39, 0.29) is 23.6 Å². The molecule has 4 fully saturated rings. The van der Waals surface area contributed by atoms with Crippen LogP contribution in [0.3, 0.4) is 0 Å². The molecule has 0 saturated heterocycles. The van der Waals surface area contributed by atoms with Crippen LogP contribution < -0.4 is 0 Å². The molecule has 0 heterocycles. The molecule has 0 radical (unpaired) electrons. The van der Waals surface area contributed by atoms with Crippen LogP contribution >= 0.6 is 0 Å². The Bertz CT molecular complexity index is 703. The summed E-state index contributed by atoms with van der Waals surface area (Å²) in [5, 5.41) is 10.4. The van der Waals surface area contributed by atoms with E-state index in [1.54, 1.807) is 6.92 Å². The molecule has 0 aromatic carbocycles. The van der Waals surface area contributed by atoms with Crippen molar-refractivity contribution < 1.29 is 14.6 Å². The lowest BCUT2D eigenvalue weighted by Gasteiger charge is -2.63. The molecule has 0 spiro atoms. The Morgan fingerprint density at radius 3 is 2.39 bits per heavy atom. The number of aliphatic hydroxyl groups excluding tert-OH is 1. The molecule has 4 aliphatic carbocycles. The summed E-state index contributed by atoms with van der Waals surface area (Å²) in [5.74, 6) is 5.45. The topological polar surface area (TPSA) is 46.5 Å². The van der Waals surface area contributed by atoms with Crippen LogP contribution in [0.25, 0.3) is 0 Å². The molecule has 4 rings (SSSR count). The number of fused-ring (bicyclic) bond motifs is 5. The van der Waals surface area contributed by atoms with Gasteiger partial charge in [-0.25, -0.2) is 0 Å². The first kappa shape index (κ1) is 25.5. The number of carbonyl (C=O) groups is 1. The third-order valence-corrected chi connectivity index (χ3v) is 11.8. The molecular weight excluding hydrogens is 408 g/mol. The highest BCUT2D eigenvalue weighted by atomic mass is 16.5. The van der Waals surface area contributed by atoms with Crippen LogP contribution in [0.15, 0.2) is 0 Å². The number of aliphatic hydroxyl groups is 1. The van der Waals surface area contributed by atoms with E-state index >= 15 is 0 Å². The zero-order chi connectivity index (χ0) is 24.1. The molecule has 3 nitrogen and oxygen atoms in total. The SMILES string of the molecule is CC(=O)O[C@@H]1C[C@]2(C)[C@H](CC[C@@H]2[C@H](C)CC[C@H](C)C(C)C)[C@@H]2CC[C@H]3C[C@H](O)CC[C@]3(C)[C@H]21. The molecular formula is C30H52O3. The molecule has 0 unspecified atom stereocenters. The highest BCUT2D eigenvalue weighted by Gasteiger charge is 2.64. The van der Waals surface area contributed by atoms with Crippen LogP contribution in [0.2, 0.25) is 0 Å². The Morgan fingerprint density at radius 1 is 1.00 bits per heavy atom. The zero-order valence-electron chi connectivity index (χ0n) is 22.6. The summed E-state index contributed by atoms with van der Waals surface area (Å²) in [7, 11) is 0. The molecule has 4 aliphatic rings. The highest BCUT2D eigenvalue weighted by molar-refractivity contribution is 5.66. The Labute approximate surface area is 203 Å². The third-order valence-electron chi connectivity index (χ3n) is 11.8. The van der Waals surface area contributed by atoms with Crippen molar-refractivity contribution in [1.29, 1.82) is 0 Å². The van der Waals surface area contributed by atoms with Gasteiger partial charge in [0.2, 0.25) is 0 Å². The lowest BCUT2D eigenvalue weighted by atomic mass is 9.43. The summed E-state index contributed by atoms with van der Waals surface area (Å²) in [6.45, 7) is 16.3. The quantitative estimate of drug-likeness (QED) is 0.424. The average Bonchev–Trinajstić information content (AvgIpc) is 3.08. The van der Waals surface area contributed by atoms with Gasteiger partial charge in [-0.1, -0.05) is 54.4 Å². The molecule has 4 saturated carbocycles. The predicted octanol–water partition coefficient (Wildman–Crippen LogP) is 7.26. The minimum absolute atomic E-state index is 0.0548. The Morgan fingerprint density at radius 2 is 1.73 bits per heavy atom. The van der Waals surface area contributed by atoms with Gasteiger partial charge in [0, 0.05) is 12.8 Å². The molecule has 33 heavy (non-hydrogen) atoms. The van der Waals surface area contributed by atoms with E-state index in [0.717, 1.165) is 55.3 Å². The van der Waals surface area contributed by atoms with Crippen LogP contribution in [0.1, 0.15) is 113 Å². The van der Waals surface area contributed by atoms with Gasteiger partial charge >= 0.3 is 5.97 Å². The monoisotopic (exact) mass is 460 g/mol. The molecule has 0 amide bonds. The van der Waals surface area contributed by atoms with Crippen molar-refractivity contribution in [2.24, 2.45) is 58.2 Å². The number of hydrogen-bond donors (Lipinski definition) is 1. The summed E-state index contributed by atoms with van der Waals surface area (Å²) in [6.07, 6.45) is 11.8. The van der Waals surface area contributed by atoms with Gasteiger partial charge < -0.3 is 9.84 Å². The van der Waals surface area contributed by atoms with Crippen molar-refractivity contribution in [1.82, 2.24) is 0 Å². The summed E-state index contributed by atoms with van der Waals surface area (Å²) in [5.41, 5.74) is 0.499. The van der Waals surface area contributed by atoms with Gasteiger partial charge in [0.25, 0.3) is 0 Å². The van der Waals surface area contributed by atoms with E-state index in [1.807, 2.05) is 0 Å². The number of esters is 1. The first-order valence-electron chi connectivity index (χ1n) is 14.3. The van der Waals surface area contributed by atoms with E-state index in [4.69, 9.17) is 4.74 Å². The molecule has 1 N–H and O–H groups in total. The van der Waals surface area contributed by atoms with Gasteiger partial charge in [0.1, 0.15) is 6.10 Å². The van der Waals surface area contributed by atoms with Gasteiger partial charge in [0.15, 0.2) is 0 Å². The van der Waals surface area contributed by atoms with E-state index in [9.17, 15) is 9.90 Å². The summed E-state index contributed by atoms with van der Waals surface area (Å²) in [4.78, 5) is 12.3. The fourth-order valence-electron chi connectivity index (χ4n) is 9.68. The maximum absolute atomic E-state index is 12.3. The molecule has 0 aromatic rings. The van der Waals surface area contributed by atoms with Crippen LogP contribution in [-0.4, -0.2) is 23.3 Å². The van der Waals surface area contributed by atoms with Gasteiger partial charge in [-0.2, -0.15) is 0 Å². The predicted molar refractivity (Wildman–Crippen MR) is 135 cm³/mol. The second-order valence-corrected chi connectivity index (χ2v) is 13.8. The number of rotatable bonds is 6. The molecule has 0 aromatic heterocycles. The van der Waals surface area contributed by atoms with Crippen molar-refractivity contribution in [2.75, 3.05) is 0 Å². The van der Waals surface area contributed by atoms with Crippen LogP contribution in [-0.2, 0) is 9.53 Å². The largest absolute Gasteiger partial charge is 0.462 e. The van der Waals surface area contributed by atoms with Gasteiger partial charge in [-0.05, 0) is 104 Å². The first-order chi connectivity index (χ1) is 15.5. The minimum Gasteiger partial charge on any atom is -0.462 e. The lowest BCUT2D eigenvalue weighted by Crippen LogP contribution is -2.60. The molecule has 0 bridgehead atoms. The second-order valence-electron chi connectivity index (χ2n) is 13.8. The third kappa shape index (κ3) is 4.54. The van der Waals surface area contributed by atoms with Crippen molar-refractivity contribution in [3.05, 3.63) is 0 Å². The van der Waals surface area contributed by atoms with Crippen LogP contribution in [0.4, 0.5) is 0 Å². The first-order valence-corrected chi connectivity index (χ1v) is 14.3. The number of ether oxygens (including phenoxy) is 1. The Hall–Kier alpha value is -0.570. The smallest absolute Gasteiger partial charge is 0.302 e. The highest BCUT2D eigenvalue weighted by Crippen LogP contribution is 2.68.